The summed E-state index contributed by atoms with van der Waals surface area (Å²) in [7, 11) is 0. The van der Waals surface area contributed by atoms with Crippen LogP contribution >= 0.6 is 23.8 Å². The van der Waals surface area contributed by atoms with Gasteiger partial charge in [0.05, 0.1) is 10.9 Å². The molecule has 0 spiro atoms. The molecule has 0 aliphatic carbocycles. The van der Waals surface area contributed by atoms with Crippen LogP contribution in [0.4, 0.5) is 5.69 Å². The first-order chi connectivity index (χ1) is 8.04. The Morgan fingerprint density at radius 2 is 2.29 bits per heavy atom. The first-order valence-electron chi connectivity index (χ1n) is 5.40. The maximum absolute atomic E-state index is 11.9. The van der Waals surface area contributed by atoms with E-state index < -0.39 is 5.92 Å². The number of rotatable bonds is 5. The molecule has 17 heavy (non-hydrogen) atoms. The summed E-state index contributed by atoms with van der Waals surface area (Å²) < 4.78 is 0. The number of nitrogens with one attached hydrogen (secondary N) is 1. The zero-order valence-corrected chi connectivity index (χ0v) is 11.1. The molecule has 3 N–H and O–H groups in total. The van der Waals surface area contributed by atoms with Gasteiger partial charge in [-0.1, -0.05) is 43.2 Å². The van der Waals surface area contributed by atoms with E-state index in [1.807, 2.05) is 6.92 Å². The number of nitrogens with two attached hydrogens (primary N) is 1. The summed E-state index contributed by atoms with van der Waals surface area (Å²) in [4.78, 5) is 12.2. The summed E-state index contributed by atoms with van der Waals surface area (Å²) in [6.45, 7) is 1.98. The van der Waals surface area contributed by atoms with Crippen LogP contribution in [0.15, 0.2) is 24.3 Å². The van der Waals surface area contributed by atoms with E-state index >= 15 is 0 Å². The number of halogens is 1. The molecule has 1 atom stereocenters. The normalized spacial score (nSPS) is 11.9. The number of anilines is 1. The molecule has 92 valence electrons. The number of hydrogen-bond acceptors (Lipinski definition) is 2. The quantitative estimate of drug-likeness (QED) is 0.809. The highest BCUT2D eigenvalue weighted by Crippen LogP contribution is 2.17. The first kappa shape index (κ1) is 13.9. The number of thiocarbonyl (C=S) groups is 1. The van der Waals surface area contributed by atoms with Crippen molar-refractivity contribution in [3.8, 4) is 0 Å². The highest BCUT2D eigenvalue weighted by atomic mass is 35.5. The lowest BCUT2D eigenvalue weighted by Crippen LogP contribution is -2.33. The smallest absolute Gasteiger partial charge is 0.234 e. The lowest BCUT2D eigenvalue weighted by molar-refractivity contribution is -0.118. The molecule has 1 aromatic rings. The Morgan fingerprint density at radius 3 is 2.82 bits per heavy atom. The van der Waals surface area contributed by atoms with Crippen molar-refractivity contribution in [2.24, 2.45) is 11.7 Å². The van der Waals surface area contributed by atoms with Crippen LogP contribution in [0, 0.1) is 5.92 Å². The van der Waals surface area contributed by atoms with Crippen LogP contribution in [0.2, 0.25) is 5.02 Å². The van der Waals surface area contributed by atoms with Crippen molar-refractivity contribution < 1.29 is 4.79 Å². The molecule has 0 radical (unpaired) electrons. The molecule has 0 aliphatic rings. The van der Waals surface area contributed by atoms with Gasteiger partial charge in [-0.25, -0.2) is 0 Å². The molecule has 0 aromatic heterocycles. The van der Waals surface area contributed by atoms with E-state index in [-0.39, 0.29) is 10.9 Å². The maximum Gasteiger partial charge on any atom is 0.234 e. The van der Waals surface area contributed by atoms with Gasteiger partial charge in [-0.05, 0) is 24.6 Å². The van der Waals surface area contributed by atoms with Crippen molar-refractivity contribution in [2.45, 2.75) is 19.8 Å². The summed E-state index contributed by atoms with van der Waals surface area (Å²) in [5, 5.41) is 3.33. The van der Waals surface area contributed by atoms with Crippen molar-refractivity contribution in [3.05, 3.63) is 29.3 Å². The minimum atomic E-state index is -0.422. The van der Waals surface area contributed by atoms with Gasteiger partial charge in [-0.3, -0.25) is 4.79 Å². The Bertz CT molecular complexity index is 423. The van der Waals surface area contributed by atoms with Crippen LogP contribution in [0.5, 0.6) is 0 Å². The molecule has 1 amide bonds. The highest BCUT2D eigenvalue weighted by molar-refractivity contribution is 7.80. The van der Waals surface area contributed by atoms with Crippen LogP contribution in [0.25, 0.3) is 0 Å². The molecule has 0 aliphatic heterocycles. The van der Waals surface area contributed by atoms with Crippen LogP contribution in [0.3, 0.4) is 0 Å². The molecule has 0 saturated heterocycles. The second kappa shape index (κ2) is 6.57. The largest absolute Gasteiger partial charge is 0.393 e. The second-order valence-electron chi connectivity index (χ2n) is 3.74. The van der Waals surface area contributed by atoms with Gasteiger partial charge in [0, 0.05) is 10.7 Å². The fourth-order valence-electron chi connectivity index (χ4n) is 1.49. The maximum atomic E-state index is 11.9. The molecular weight excluding hydrogens is 256 g/mol. The Morgan fingerprint density at radius 1 is 1.59 bits per heavy atom. The molecule has 1 unspecified atom stereocenters. The summed E-state index contributed by atoms with van der Waals surface area (Å²) in [6, 6.07) is 6.97. The zero-order chi connectivity index (χ0) is 12.8. The van der Waals surface area contributed by atoms with Crippen molar-refractivity contribution in [1.82, 2.24) is 0 Å². The Balaban J connectivity index is 2.73. The number of carbonyl (C=O) groups is 1. The Hall–Kier alpha value is -1.13. The van der Waals surface area contributed by atoms with Crippen molar-refractivity contribution in [2.75, 3.05) is 5.32 Å². The van der Waals surface area contributed by atoms with Gasteiger partial charge in [0.1, 0.15) is 0 Å². The summed E-state index contributed by atoms with van der Waals surface area (Å²) >= 11 is 10.7. The van der Waals surface area contributed by atoms with Gasteiger partial charge in [0.2, 0.25) is 5.91 Å². The number of benzene rings is 1. The van der Waals surface area contributed by atoms with Crippen molar-refractivity contribution in [3.63, 3.8) is 0 Å². The highest BCUT2D eigenvalue weighted by Gasteiger charge is 2.20. The van der Waals surface area contributed by atoms with E-state index in [9.17, 15) is 4.79 Å². The topological polar surface area (TPSA) is 55.1 Å². The third-order valence-electron chi connectivity index (χ3n) is 2.33. The third kappa shape index (κ3) is 4.32. The number of carbonyl (C=O) groups excluding carboxylic acids is 1. The van der Waals surface area contributed by atoms with Gasteiger partial charge in [0.25, 0.3) is 0 Å². The van der Waals surface area contributed by atoms with Gasteiger partial charge in [-0.2, -0.15) is 0 Å². The molecule has 0 saturated carbocycles. The van der Waals surface area contributed by atoms with Crippen LogP contribution in [0.1, 0.15) is 19.8 Å². The van der Waals surface area contributed by atoms with E-state index in [0.29, 0.717) is 17.1 Å². The van der Waals surface area contributed by atoms with E-state index in [0.717, 1.165) is 6.42 Å². The Kier molecular flexibility index (Phi) is 5.38. The zero-order valence-electron chi connectivity index (χ0n) is 9.57. The lowest BCUT2D eigenvalue weighted by atomic mass is 10.0. The molecule has 5 heteroatoms. The minimum Gasteiger partial charge on any atom is -0.393 e. The molecule has 1 rings (SSSR count). The number of hydrogen-bond donors (Lipinski definition) is 2. The van der Waals surface area contributed by atoms with Gasteiger partial charge >= 0.3 is 0 Å². The molecular formula is C12H15ClN2OS. The average Bonchev–Trinajstić information content (AvgIpc) is 2.25. The monoisotopic (exact) mass is 270 g/mol. The Labute approximate surface area is 111 Å². The third-order valence-corrected chi connectivity index (χ3v) is 2.85. The molecule has 1 aromatic carbocycles. The first-order valence-corrected chi connectivity index (χ1v) is 6.19. The van der Waals surface area contributed by atoms with Crippen LogP contribution < -0.4 is 11.1 Å². The van der Waals surface area contributed by atoms with E-state index in [1.54, 1.807) is 24.3 Å². The fourth-order valence-corrected chi connectivity index (χ4v) is 1.90. The minimum absolute atomic E-state index is 0.179. The fraction of sp³-hybridized carbons (Fsp3) is 0.333. The van der Waals surface area contributed by atoms with Gasteiger partial charge in [-0.15, -0.1) is 0 Å². The average molecular weight is 271 g/mol. The summed E-state index contributed by atoms with van der Waals surface area (Å²) in [5.74, 6) is -0.601. The predicted molar refractivity (Wildman–Crippen MR) is 75.3 cm³/mol. The molecule has 0 heterocycles. The van der Waals surface area contributed by atoms with Gasteiger partial charge in [0.15, 0.2) is 0 Å². The van der Waals surface area contributed by atoms with E-state index in [1.165, 1.54) is 0 Å². The lowest BCUT2D eigenvalue weighted by Gasteiger charge is -2.14. The van der Waals surface area contributed by atoms with Crippen molar-refractivity contribution in [1.29, 1.82) is 0 Å². The van der Waals surface area contributed by atoms with Crippen LogP contribution in [-0.2, 0) is 4.79 Å². The predicted octanol–water partition coefficient (Wildman–Crippen LogP) is 2.98. The number of amides is 1. The standard InChI is InChI=1S/C12H15ClN2OS/c1-2-4-10(11(14)17)12(16)15-9-6-3-5-8(13)7-9/h3,5-7,10H,2,4H2,1H3,(H2,14,17)(H,15,16). The van der Waals surface area contributed by atoms with E-state index in [4.69, 9.17) is 29.6 Å². The van der Waals surface area contributed by atoms with E-state index in [2.05, 4.69) is 5.32 Å². The SMILES string of the molecule is CCCC(C(=O)Nc1cccc(Cl)c1)C(N)=S. The van der Waals surface area contributed by atoms with Gasteiger partial charge < -0.3 is 11.1 Å². The summed E-state index contributed by atoms with van der Waals surface area (Å²) in [5.41, 5.74) is 6.20. The second-order valence-corrected chi connectivity index (χ2v) is 4.65. The van der Waals surface area contributed by atoms with Crippen molar-refractivity contribution >= 4 is 40.4 Å². The molecule has 3 nitrogen and oxygen atoms in total. The molecule has 0 fully saturated rings. The summed E-state index contributed by atoms with van der Waals surface area (Å²) in [6.07, 6.45) is 1.51. The molecule has 0 bridgehead atoms. The van der Waals surface area contributed by atoms with Crippen LogP contribution in [-0.4, -0.2) is 10.9 Å².